The first-order valence-electron chi connectivity index (χ1n) is 7.36. The molecule has 9 heteroatoms. The monoisotopic (exact) mass is 360 g/mol. The van der Waals surface area contributed by atoms with Crippen LogP contribution in [0.15, 0.2) is 46.0 Å². The van der Waals surface area contributed by atoms with Gasteiger partial charge in [-0.2, -0.15) is 5.10 Å². The van der Waals surface area contributed by atoms with Gasteiger partial charge in [-0.3, -0.25) is 9.48 Å². The van der Waals surface area contributed by atoms with E-state index >= 15 is 0 Å². The minimum atomic E-state index is -3.99. The molecule has 1 amide bonds. The molecule has 3 rings (SSSR count). The van der Waals surface area contributed by atoms with Crippen molar-refractivity contribution in [1.29, 1.82) is 0 Å². The Morgan fingerprint density at radius 1 is 1.20 bits per heavy atom. The second-order valence-electron chi connectivity index (χ2n) is 5.57. The van der Waals surface area contributed by atoms with Gasteiger partial charge in [-0.05, 0) is 26.0 Å². The molecule has 130 valence electrons. The van der Waals surface area contributed by atoms with Gasteiger partial charge in [0, 0.05) is 13.2 Å². The molecule has 0 atom stereocenters. The van der Waals surface area contributed by atoms with Crippen LogP contribution in [0.4, 0.5) is 0 Å². The van der Waals surface area contributed by atoms with Crippen molar-refractivity contribution in [2.45, 2.75) is 18.7 Å². The molecule has 0 unspecified atom stereocenters. The fourth-order valence-electron chi connectivity index (χ4n) is 2.21. The molecular weight excluding hydrogens is 344 g/mol. The number of carbonyl (C=O) groups is 1. The molecule has 1 N–H and O–H groups in total. The molecule has 0 fully saturated rings. The normalized spacial score (nSPS) is 11.5. The lowest BCUT2D eigenvalue weighted by molar-refractivity contribution is 0.0975. The second-order valence-corrected chi connectivity index (χ2v) is 7.26. The standard InChI is InChI=1S/C16H16N4O4S/c1-10-4-6-13(7-5-10)25(22,23)19-15(21)14-11(2)24-16(18-14)12-8-17-20(3)9-12/h4-9H,1-3H3,(H,19,21). The Hall–Kier alpha value is -2.94. The predicted octanol–water partition coefficient (Wildman–Crippen LogP) is 1.81. The van der Waals surface area contributed by atoms with Crippen LogP contribution in [0.1, 0.15) is 21.8 Å². The Morgan fingerprint density at radius 2 is 1.88 bits per heavy atom. The van der Waals surface area contributed by atoms with Crippen molar-refractivity contribution in [2.24, 2.45) is 7.05 Å². The average Bonchev–Trinajstić information content (AvgIpc) is 3.13. The lowest BCUT2D eigenvalue weighted by Crippen LogP contribution is -2.31. The van der Waals surface area contributed by atoms with Gasteiger partial charge in [0.25, 0.3) is 15.9 Å². The van der Waals surface area contributed by atoms with Crippen LogP contribution >= 0.6 is 0 Å². The summed E-state index contributed by atoms with van der Waals surface area (Å²) >= 11 is 0. The number of aryl methyl sites for hydroxylation is 3. The van der Waals surface area contributed by atoms with Crippen molar-refractivity contribution >= 4 is 15.9 Å². The van der Waals surface area contributed by atoms with E-state index in [9.17, 15) is 13.2 Å². The van der Waals surface area contributed by atoms with Gasteiger partial charge in [0.05, 0.1) is 16.7 Å². The zero-order chi connectivity index (χ0) is 18.2. The third-order valence-electron chi connectivity index (χ3n) is 3.52. The van der Waals surface area contributed by atoms with Crippen molar-refractivity contribution in [3.05, 3.63) is 53.7 Å². The number of rotatable bonds is 4. The largest absolute Gasteiger partial charge is 0.440 e. The summed E-state index contributed by atoms with van der Waals surface area (Å²) in [7, 11) is -2.25. The number of nitrogens with zero attached hydrogens (tertiary/aromatic N) is 3. The molecule has 0 aliphatic heterocycles. The highest BCUT2D eigenvalue weighted by Gasteiger charge is 2.24. The molecule has 1 aromatic carbocycles. The number of oxazole rings is 1. The number of sulfonamides is 1. The van der Waals surface area contributed by atoms with Crippen LogP contribution < -0.4 is 4.72 Å². The first kappa shape index (κ1) is 16.9. The smallest absolute Gasteiger partial charge is 0.287 e. The van der Waals surface area contributed by atoms with E-state index in [1.807, 2.05) is 11.6 Å². The predicted molar refractivity (Wildman–Crippen MR) is 89.3 cm³/mol. The first-order chi connectivity index (χ1) is 11.8. The van der Waals surface area contributed by atoms with Gasteiger partial charge in [-0.15, -0.1) is 0 Å². The SMILES string of the molecule is Cc1ccc(S(=O)(=O)NC(=O)c2nc(-c3cnn(C)c3)oc2C)cc1. The van der Waals surface area contributed by atoms with Crippen LogP contribution in [-0.4, -0.2) is 29.1 Å². The van der Waals surface area contributed by atoms with Gasteiger partial charge < -0.3 is 4.42 Å². The number of carbonyl (C=O) groups excluding carboxylic acids is 1. The van der Waals surface area contributed by atoms with E-state index in [0.717, 1.165) is 5.56 Å². The number of benzene rings is 1. The zero-order valence-corrected chi connectivity index (χ0v) is 14.7. The third-order valence-corrected chi connectivity index (χ3v) is 4.87. The van der Waals surface area contributed by atoms with Crippen LogP contribution in [0.25, 0.3) is 11.5 Å². The van der Waals surface area contributed by atoms with E-state index in [4.69, 9.17) is 4.42 Å². The Morgan fingerprint density at radius 3 is 2.48 bits per heavy atom. The maximum atomic E-state index is 12.3. The summed E-state index contributed by atoms with van der Waals surface area (Å²) in [5.41, 5.74) is 1.42. The second kappa shape index (κ2) is 6.17. The Bertz CT molecular complexity index is 1030. The van der Waals surface area contributed by atoms with Crippen molar-refractivity contribution in [1.82, 2.24) is 19.5 Å². The van der Waals surface area contributed by atoms with E-state index in [-0.39, 0.29) is 22.2 Å². The fraction of sp³-hybridized carbons (Fsp3) is 0.188. The van der Waals surface area contributed by atoms with Crippen LogP contribution in [0.2, 0.25) is 0 Å². The Balaban J connectivity index is 1.86. The molecular formula is C16H16N4O4S. The highest BCUT2D eigenvalue weighted by Crippen LogP contribution is 2.21. The molecule has 25 heavy (non-hydrogen) atoms. The van der Waals surface area contributed by atoms with Crippen LogP contribution in [-0.2, 0) is 17.1 Å². The third kappa shape index (κ3) is 3.45. The number of amides is 1. The highest BCUT2D eigenvalue weighted by molar-refractivity contribution is 7.90. The minimum Gasteiger partial charge on any atom is -0.440 e. The molecule has 2 aromatic heterocycles. The molecule has 0 aliphatic carbocycles. The summed E-state index contributed by atoms with van der Waals surface area (Å²) in [5, 5.41) is 4.00. The molecule has 0 spiro atoms. The number of aromatic nitrogens is 3. The van der Waals surface area contributed by atoms with Crippen LogP contribution in [0.3, 0.4) is 0 Å². The summed E-state index contributed by atoms with van der Waals surface area (Å²) < 4.78 is 33.7. The Kier molecular flexibility index (Phi) is 4.17. The Labute approximate surface area is 144 Å². The van der Waals surface area contributed by atoms with Gasteiger partial charge in [-0.25, -0.2) is 18.1 Å². The molecule has 0 saturated heterocycles. The van der Waals surface area contributed by atoms with Crippen LogP contribution in [0.5, 0.6) is 0 Å². The molecule has 2 heterocycles. The molecule has 0 saturated carbocycles. The fourth-order valence-corrected chi connectivity index (χ4v) is 3.16. The van der Waals surface area contributed by atoms with E-state index in [0.29, 0.717) is 5.56 Å². The molecule has 0 bridgehead atoms. The lowest BCUT2D eigenvalue weighted by atomic mass is 10.2. The van der Waals surface area contributed by atoms with Crippen molar-refractivity contribution in [2.75, 3.05) is 0 Å². The van der Waals surface area contributed by atoms with E-state index in [1.54, 1.807) is 37.0 Å². The molecule has 0 aliphatic rings. The topological polar surface area (TPSA) is 107 Å². The summed E-state index contributed by atoms with van der Waals surface area (Å²) in [6.45, 7) is 3.38. The highest BCUT2D eigenvalue weighted by atomic mass is 32.2. The number of hydrogen-bond acceptors (Lipinski definition) is 6. The zero-order valence-electron chi connectivity index (χ0n) is 13.8. The molecule has 8 nitrogen and oxygen atoms in total. The van der Waals surface area contributed by atoms with Gasteiger partial charge in [0.2, 0.25) is 5.89 Å². The van der Waals surface area contributed by atoms with Gasteiger partial charge in [-0.1, -0.05) is 17.7 Å². The summed E-state index contributed by atoms with van der Waals surface area (Å²) in [4.78, 5) is 16.4. The van der Waals surface area contributed by atoms with E-state index in [1.165, 1.54) is 18.3 Å². The van der Waals surface area contributed by atoms with Crippen molar-refractivity contribution in [3.8, 4) is 11.5 Å². The average molecular weight is 360 g/mol. The number of hydrogen-bond donors (Lipinski definition) is 1. The minimum absolute atomic E-state index is 0.0000748. The lowest BCUT2D eigenvalue weighted by Gasteiger charge is -2.05. The van der Waals surface area contributed by atoms with Crippen molar-refractivity contribution < 1.29 is 17.6 Å². The summed E-state index contributed by atoms with van der Waals surface area (Å²) in [6.07, 6.45) is 3.21. The molecule has 3 aromatic rings. The van der Waals surface area contributed by atoms with Crippen LogP contribution in [0, 0.1) is 13.8 Å². The number of nitrogens with one attached hydrogen (secondary N) is 1. The maximum absolute atomic E-state index is 12.3. The quantitative estimate of drug-likeness (QED) is 0.760. The maximum Gasteiger partial charge on any atom is 0.287 e. The van der Waals surface area contributed by atoms with E-state index in [2.05, 4.69) is 10.1 Å². The van der Waals surface area contributed by atoms with E-state index < -0.39 is 15.9 Å². The molecule has 0 radical (unpaired) electrons. The first-order valence-corrected chi connectivity index (χ1v) is 8.85. The van der Waals surface area contributed by atoms with Crippen molar-refractivity contribution in [3.63, 3.8) is 0 Å². The van der Waals surface area contributed by atoms with Gasteiger partial charge >= 0.3 is 0 Å². The van der Waals surface area contributed by atoms with Gasteiger partial charge in [0.15, 0.2) is 5.69 Å². The summed E-state index contributed by atoms with van der Waals surface area (Å²) in [5.74, 6) is -0.434. The van der Waals surface area contributed by atoms with Gasteiger partial charge in [0.1, 0.15) is 5.76 Å². The summed E-state index contributed by atoms with van der Waals surface area (Å²) in [6, 6.07) is 6.17.